The van der Waals surface area contributed by atoms with Crippen molar-refractivity contribution in [2.75, 3.05) is 11.6 Å². The second kappa shape index (κ2) is 5.44. The number of hydrogen-bond acceptors (Lipinski definition) is 5. The van der Waals surface area contributed by atoms with Gasteiger partial charge >= 0.3 is 0 Å². The van der Waals surface area contributed by atoms with Crippen molar-refractivity contribution in [2.24, 2.45) is 22.7 Å². The van der Waals surface area contributed by atoms with E-state index in [1.54, 1.807) is 6.07 Å². The summed E-state index contributed by atoms with van der Waals surface area (Å²) in [6, 6.07) is 3.57. The van der Waals surface area contributed by atoms with Crippen molar-refractivity contribution in [1.29, 1.82) is 0 Å². The quantitative estimate of drug-likeness (QED) is 0.879. The highest BCUT2D eigenvalue weighted by atomic mass is 16.2. The molecule has 0 aromatic carbocycles. The maximum atomic E-state index is 12.4. The number of rotatable bonds is 4. The van der Waals surface area contributed by atoms with Gasteiger partial charge in [-0.1, -0.05) is 13.8 Å². The van der Waals surface area contributed by atoms with Gasteiger partial charge in [0.2, 0.25) is 0 Å². The summed E-state index contributed by atoms with van der Waals surface area (Å²) < 4.78 is 0. The van der Waals surface area contributed by atoms with Crippen LogP contribution in [-0.2, 0) is 4.79 Å². The SMILES string of the molecule is Cc1ccc(N2N=C(C(C)C)C(CCN)C2=O)nn1. The summed E-state index contributed by atoms with van der Waals surface area (Å²) in [6.07, 6.45) is 0.617. The summed E-state index contributed by atoms with van der Waals surface area (Å²) >= 11 is 0. The molecule has 1 amide bonds. The van der Waals surface area contributed by atoms with E-state index < -0.39 is 0 Å². The summed E-state index contributed by atoms with van der Waals surface area (Å²) in [7, 11) is 0. The Bertz CT molecular complexity index is 494. The van der Waals surface area contributed by atoms with E-state index >= 15 is 0 Å². The highest BCUT2D eigenvalue weighted by Gasteiger charge is 2.37. The summed E-state index contributed by atoms with van der Waals surface area (Å²) in [6.45, 7) is 6.37. The number of aryl methyl sites for hydroxylation is 1. The minimum atomic E-state index is -0.229. The van der Waals surface area contributed by atoms with Crippen LogP contribution in [0.2, 0.25) is 0 Å². The van der Waals surface area contributed by atoms with Crippen molar-refractivity contribution in [2.45, 2.75) is 27.2 Å². The molecule has 0 bridgehead atoms. The summed E-state index contributed by atoms with van der Waals surface area (Å²) in [4.78, 5) is 12.4. The molecule has 1 aliphatic heterocycles. The van der Waals surface area contributed by atoms with Gasteiger partial charge in [-0.15, -0.1) is 5.10 Å². The zero-order valence-electron chi connectivity index (χ0n) is 11.5. The Morgan fingerprint density at radius 3 is 2.63 bits per heavy atom. The molecule has 0 saturated heterocycles. The fraction of sp³-hybridized carbons (Fsp3) is 0.538. The van der Waals surface area contributed by atoms with Crippen LogP contribution >= 0.6 is 0 Å². The molecule has 0 aliphatic carbocycles. The highest BCUT2D eigenvalue weighted by molar-refractivity contribution is 6.15. The van der Waals surface area contributed by atoms with Crippen LogP contribution < -0.4 is 10.7 Å². The molecule has 6 heteroatoms. The minimum absolute atomic E-state index is 0.0627. The average Bonchev–Trinajstić information content (AvgIpc) is 2.69. The van der Waals surface area contributed by atoms with Crippen molar-refractivity contribution < 1.29 is 4.79 Å². The molecule has 1 aromatic heterocycles. The standard InChI is InChI=1S/C13H19N5O/c1-8(2)12-10(6-7-14)13(19)18(17-12)11-5-4-9(3)15-16-11/h4-5,8,10H,6-7,14H2,1-3H3. The second-order valence-electron chi connectivity index (χ2n) is 4.99. The molecule has 2 N–H and O–H groups in total. The fourth-order valence-corrected chi connectivity index (χ4v) is 2.13. The number of nitrogens with two attached hydrogens (primary N) is 1. The van der Waals surface area contributed by atoms with Gasteiger partial charge in [-0.05, 0) is 37.9 Å². The van der Waals surface area contributed by atoms with Crippen LogP contribution in [0.3, 0.4) is 0 Å². The van der Waals surface area contributed by atoms with Gasteiger partial charge in [0.25, 0.3) is 5.91 Å². The molecule has 1 aromatic rings. The lowest BCUT2D eigenvalue weighted by atomic mass is 9.92. The predicted octanol–water partition coefficient (Wildman–Crippen LogP) is 1.11. The van der Waals surface area contributed by atoms with E-state index in [2.05, 4.69) is 15.3 Å². The molecule has 1 unspecified atom stereocenters. The Morgan fingerprint density at radius 1 is 1.37 bits per heavy atom. The maximum absolute atomic E-state index is 12.4. The van der Waals surface area contributed by atoms with Gasteiger partial charge in [-0.2, -0.15) is 15.2 Å². The van der Waals surface area contributed by atoms with Gasteiger partial charge in [0.05, 0.1) is 17.3 Å². The molecule has 102 valence electrons. The molecule has 0 saturated carbocycles. The Morgan fingerprint density at radius 2 is 2.11 bits per heavy atom. The Kier molecular flexibility index (Phi) is 3.90. The first-order chi connectivity index (χ1) is 9.04. The lowest BCUT2D eigenvalue weighted by molar-refractivity contribution is -0.119. The third-order valence-electron chi connectivity index (χ3n) is 3.13. The van der Waals surface area contributed by atoms with Crippen LogP contribution in [0.1, 0.15) is 26.0 Å². The summed E-state index contributed by atoms with van der Waals surface area (Å²) in [5, 5.41) is 13.7. The monoisotopic (exact) mass is 261 g/mol. The fourth-order valence-electron chi connectivity index (χ4n) is 2.13. The first-order valence-corrected chi connectivity index (χ1v) is 6.47. The molecule has 2 heterocycles. The molecular weight excluding hydrogens is 242 g/mol. The van der Waals surface area contributed by atoms with Crippen molar-refractivity contribution in [3.05, 3.63) is 17.8 Å². The number of aromatic nitrogens is 2. The van der Waals surface area contributed by atoms with Gasteiger partial charge in [0.15, 0.2) is 5.82 Å². The molecule has 1 atom stereocenters. The third kappa shape index (κ3) is 2.63. The van der Waals surface area contributed by atoms with Crippen LogP contribution in [0, 0.1) is 18.8 Å². The van der Waals surface area contributed by atoms with Crippen LogP contribution in [-0.4, -0.2) is 28.4 Å². The molecule has 19 heavy (non-hydrogen) atoms. The number of carbonyl (C=O) groups is 1. The Hall–Kier alpha value is -1.82. The maximum Gasteiger partial charge on any atom is 0.257 e. The number of hydrogen-bond donors (Lipinski definition) is 1. The van der Waals surface area contributed by atoms with Crippen molar-refractivity contribution in [3.8, 4) is 0 Å². The molecule has 6 nitrogen and oxygen atoms in total. The van der Waals surface area contributed by atoms with E-state index in [0.717, 1.165) is 11.4 Å². The first kappa shape index (κ1) is 13.6. The topological polar surface area (TPSA) is 84.5 Å². The van der Waals surface area contributed by atoms with Gasteiger partial charge in [-0.3, -0.25) is 4.79 Å². The summed E-state index contributed by atoms with van der Waals surface area (Å²) in [5.74, 6) is 0.387. The largest absolute Gasteiger partial charge is 0.330 e. The summed E-state index contributed by atoms with van der Waals surface area (Å²) in [5.41, 5.74) is 7.26. The third-order valence-corrected chi connectivity index (χ3v) is 3.13. The zero-order valence-corrected chi connectivity index (χ0v) is 11.5. The van der Waals surface area contributed by atoms with E-state index in [1.165, 1.54) is 5.01 Å². The highest BCUT2D eigenvalue weighted by Crippen LogP contribution is 2.26. The van der Waals surface area contributed by atoms with Crippen molar-refractivity contribution >= 4 is 17.4 Å². The van der Waals surface area contributed by atoms with Gasteiger partial charge in [0.1, 0.15) is 0 Å². The van der Waals surface area contributed by atoms with Crippen LogP contribution in [0.5, 0.6) is 0 Å². The number of anilines is 1. The Labute approximate surface area is 112 Å². The first-order valence-electron chi connectivity index (χ1n) is 6.47. The van der Waals surface area contributed by atoms with E-state index in [0.29, 0.717) is 18.8 Å². The van der Waals surface area contributed by atoms with Crippen molar-refractivity contribution in [3.63, 3.8) is 0 Å². The number of carbonyl (C=O) groups excluding carboxylic acids is 1. The van der Waals surface area contributed by atoms with Crippen LogP contribution in [0.15, 0.2) is 17.2 Å². The normalized spacial score (nSPS) is 19.2. The molecule has 1 aliphatic rings. The molecule has 0 radical (unpaired) electrons. The predicted molar refractivity (Wildman–Crippen MR) is 73.7 cm³/mol. The Balaban J connectivity index is 2.32. The molecular formula is C13H19N5O. The lowest BCUT2D eigenvalue weighted by Gasteiger charge is -2.13. The van der Waals surface area contributed by atoms with Gasteiger partial charge in [0, 0.05) is 0 Å². The second-order valence-corrected chi connectivity index (χ2v) is 4.99. The van der Waals surface area contributed by atoms with Crippen LogP contribution in [0.25, 0.3) is 0 Å². The lowest BCUT2D eigenvalue weighted by Crippen LogP contribution is -2.30. The van der Waals surface area contributed by atoms with E-state index in [4.69, 9.17) is 5.73 Å². The smallest absolute Gasteiger partial charge is 0.257 e. The minimum Gasteiger partial charge on any atom is -0.330 e. The van der Waals surface area contributed by atoms with E-state index in [1.807, 2.05) is 26.8 Å². The average molecular weight is 261 g/mol. The molecule has 0 spiro atoms. The van der Waals surface area contributed by atoms with Gasteiger partial charge < -0.3 is 5.73 Å². The van der Waals surface area contributed by atoms with E-state index in [-0.39, 0.29) is 17.7 Å². The van der Waals surface area contributed by atoms with E-state index in [9.17, 15) is 4.79 Å². The van der Waals surface area contributed by atoms with Gasteiger partial charge in [-0.25, -0.2) is 0 Å². The molecule has 2 rings (SSSR count). The van der Waals surface area contributed by atoms with Crippen LogP contribution in [0.4, 0.5) is 5.82 Å². The number of hydrazone groups is 1. The number of amides is 1. The number of nitrogens with zero attached hydrogens (tertiary/aromatic N) is 4. The zero-order chi connectivity index (χ0) is 14.0. The molecule has 0 fully saturated rings. The van der Waals surface area contributed by atoms with Crippen molar-refractivity contribution in [1.82, 2.24) is 10.2 Å².